The van der Waals surface area contributed by atoms with Crippen LogP contribution in [0, 0.1) is 0 Å². The second kappa shape index (κ2) is 9.24. The van der Waals surface area contributed by atoms with Crippen LogP contribution in [0.25, 0.3) is 0 Å². The molecule has 0 bridgehead atoms. The molecule has 1 nitrogen and oxygen atoms in total. The van der Waals surface area contributed by atoms with Gasteiger partial charge in [-0.3, -0.25) is 0 Å². The smallest absolute Gasteiger partial charge is 0.0708 e. The third-order valence-corrected chi connectivity index (χ3v) is 0.167. The van der Waals surface area contributed by atoms with E-state index in [-0.39, 0.29) is 6.15 Å². The van der Waals surface area contributed by atoms with Crippen LogP contribution in [-0.4, -0.2) is 7.85 Å². The van der Waals surface area contributed by atoms with E-state index in [0.29, 0.717) is 6.32 Å². The summed E-state index contributed by atoms with van der Waals surface area (Å²) in [5.41, 5.74) is 0. The number of rotatable bonds is 1. The lowest BCUT2D eigenvalue weighted by molar-refractivity contribution is 1.76. The zero-order valence-electron chi connectivity index (χ0n) is 3.28. The van der Waals surface area contributed by atoms with E-state index in [1.807, 2.05) is 0 Å². The molecule has 0 atom stereocenters. The first-order chi connectivity index (χ1) is 1.91. The summed E-state index contributed by atoms with van der Waals surface area (Å²) < 4.78 is 0. The highest BCUT2D eigenvalue weighted by molar-refractivity contribution is 6.09. The molecule has 0 aromatic heterocycles. The topological polar surface area (TPSA) is 35.0 Å². The molecule has 0 aliphatic rings. The third kappa shape index (κ3) is 20.0. The average Bonchev–Trinajstić information content (AvgIpc) is 1.37. The zero-order valence-corrected chi connectivity index (χ0v) is 3.28. The highest BCUT2D eigenvalue weighted by Crippen LogP contribution is 1.61. The minimum atomic E-state index is 0. The van der Waals surface area contributed by atoms with Crippen LogP contribution >= 0.6 is 0 Å². The first-order valence-corrected chi connectivity index (χ1v) is 1.22. The van der Waals surface area contributed by atoms with Gasteiger partial charge in [-0.05, 0) is 0 Å². The van der Waals surface area contributed by atoms with Crippen molar-refractivity contribution in [2.45, 2.75) is 6.32 Å². The van der Waals surface area contributed by atoms with E-state index < -0.39 is 0 Å². The number of hydrogen-bond acceptors (Lipinski definition) is 1. The minimum absolute atomic E-state index is 0. The minimum Gasteiger partial charge on any atom is -0.344 e. The van der Waals surface area contributed by atoms with Gasteiger partial charge < -0.3 is 6.15 Å². The standard InChI is InChI=1S/C3H5B.H3N/c1-2-3-4;/h2H,1,3H2;1H3. The van der Waals surface area contributed by atoms with Gasteiger partial charge in [-0.15, -0.1) is 12.7 Å². The Balaban J connectivity index is 0. The SMILES string of the molecule is N.[B]CC=C. The van der Waals surface area contributed by atoms with E-state index in [0.717, 1.165) is 0 Å². The molecule has 28 valence electrons. The largest absolute Gasteiger partial charge is 0.344 e. The van der Waals surface area contributed by atoms with Gasteiger partial charge in [0.1, 0.15) is 0 Å². The normalized spacial score (nSPS) is 4.80. The van der Waals surface area contributed by atoms with Gasteiger partial charge in [-0.2, -0.15) is 0 Å². The summed E-state index contributed by atoms with van der Waals surface area (Å²) in [6.07, 6.45) is 2.24. The predicted molar refractivity (Wildman–Crippen MR) is 25.8 cm³/mol. The molecule has 0 fully saturated rings. The Kier molecular flexibility index (Phi) is 16.3. The Bertz CT molecular complexity index is 20.9. The van der Waals surface area contributed by atoms with Crippen LogP contribution in [0.1, 0.15) is 0 Å². The second-order valence-corrected chi connectivity index (χ2v) is 0.524. The molecule has 0 aliphatic carbocycles. The highest BCUT2D eigenvalue weighted by atomic mass is 14.0. The molecule has 0 amide bonds. The van der Waals surface area contributed by atoms with Gasteiger partial charge in [0, 0.05) is 0 Å². The van der Waals surface area contributed by atoms with Crippen LogP contribution < -0.4 is 6.15 Å². The van der Waals surface area contributed by atoms with Crippen LogP contribution in [0.3, 0.4) is 0 Å². The summed E-state index contributed by atoms with van der Waals surface area (Å²) in [5, 5.41) is 0. The Morgan fingerprint density at radius 2 is 2.00 bits per heavy atom. The fourth-order valence-corrected chi connectivity index (χ4v) is 0. The molecule has 0 saturated carbocycles. The molecule has 0 aromatic rings. The van der Waals surface area contributed by atoms with Crippen molar-refractivity contribution in [1.82, 2.24) is 6.15 Å². The number of allylic oxidation sites excluding steroid dienone is 1. The Hall–Kier alpha value is -0.235. The van der Waals surface area contributed by atoms with Gasteiger partial charge in [-0.1, -0.05) is 6.32 Å². The lowest BCUT2D eigenvalue weighted by Crippen LogP contribution is -1.47. The molecule has 5 heavy (non-hydrogen) atoms. The fourth-order valence-electron chi connectivity index (χ4n) is 0. The first kappa shape index (κ1) is 8.83. The van der Waals surface area contributed by atoms with Gasteiger partial charge in [0.25, 0.3) is 0 Å². The van der Waals surface area contributed by atoms with Gasteiger partial charge in [-0.25, -0.2) is 0 Å². The molecule has 0 aliphatic heterocycles. The monoisotopic (exact) mass is 69.1 g/mol. The fraction of sp³-hybridized carbons (Fsp3) is 0.333. The van der Waals surface area contributed by atoms with Crippen LogP contribution in [0.2, 0.25) is 6.32 Å². The Labute approximate surface area is 34.1 Å². The molecular formula is C3H8BN. The third-order valence-electron chi connectivity index (χ3n) is 0.167. The average molecular weight is 68.9 g/mol. The second-order valence-electron chi connectivity index (χ2n) is 0.524. The highest BCUT2D eigenvalue weighted by Gasteiger charge is 1.46. The molecule has 0 spiro atoms. The van der Waals surface area contributed by atoms with Gasteiger partial charge in [0.2, 0.25) is 0 Å². The van der Waals surface area contributed by atoms with Crippen molar-refractivity contribution < 1.29 is 0 Å². The summed E-state index contributed by atoms with van der Waals surface area (Å²) in [7, 11) is 4.91. The molecule has 0 unspecified atom stereocenters. The Morgan fingerprint density at radius 3 is 2.00 bits per heavy atom. The maximum absolute atomic E-state index is 4.91. The van der Waals surface area contributed by atoms with Crippen molar-refractivity contribution in [3.05, 3.63) is 12.7 Å². The van der Waals surface area contributed by atoms with E-state index in [2.05, 4.69) is 6.58 Å². The molecule has 0 saturated heterocycles. The maximum Gasteiger partial charge on any atom is 0.0708 e. The van der Waals surface area contributed by atoms with E-state index in [1.165, 1.54) is 0 Å². The Morgan fingerprint density at radius 1 is 1.80 bits per heavy atom. The molecule has 0 heterocycles. The van der Waals surface area contributed by atoms with E-state index in [9.17, 15) is 0 Å². The molecular weight excluding hydrogens is 60.9 g/mol. The molecule has 2 heteroatoms. The van der Waals surface area contributed by atoms with Crippen molar-refractivity contribution in [2.75, 3.05) is 0 Å². The quantitative estimate of drug-likeness (QED) is 0.360. The molecule has 0 aromatic carbocycles. The maximum atomic E-state index is 4.91. The van der Waals surface area contributed by atoms with Gasteiger partial charge in [0.05, 0.1) is 7.85 Å². The van der Waals surface area contributed by atoms with Crippen LogP contribution in [0.4, 0.5) is 0 Å². The summed E-state index contributed by atoms with van der Waals surface area (Å²) >= 11 is 0. The van der Waals surface area contributed by atoms with Crippen LogP contribution in [-0.2, 0) is 0 Å². The van der Waals surface area contributed by atoms with Crippen molar-refractivity contribution in [1.29, 1.82) is 0 Å². The van der Waals surface area contributed by atoms with E-state index >= 15 is 0 Å². The number of hydrogen-bond donors (Lipinski definition) is 1. The van der Waals surface area contributed by atoms with Gasteiger partial charge >= 0.3 is 0 Å². The van der Waals surface area contributed by atoms with Crippen LogP contribution in [0.5, 0.6) is 0 Å². The lowest BCUT2D eigenvalue weighted by atomic mass is 10.1. The lowest BCUT2D eigenvalue weighted by Gasteiger charge is -1.57. The summed E-state index contributed by atoms with van der Waals surface area (Å²) in [6.45, 7) is 3.35. The van der Waals surface area contributed by atoms with Crippen molar-refractivity contribution in [3.63, 3.8) is 0 Å². The first-order valence-electron chi connectivity index (χ1n) is 1.22. The molecule has 3 N–H and O–H groups in total. The van der Waals surface area contributed by atoms with Gasteiger partial charge in [0.15, 0.2) is 0 Å². The summed E-state index contributed by atoms with van der Waals surface area (Å²) in [4.78, 5) is 0. The molecule has 2 radical (unpaired) electrons. The molecule has 0 rings (SSSR count). The van der Waals surface area contributed by atoms with E-state index in [4.69, 9.17) is 7.85 Å². The van der Waals surface area contributed by atoms with Crippen LogP contribution in [0.15, 0.2) is 12.7 Å². The summed E-state index contributed by atoms with van der Waals surface area (Å²) in [6, 6.07) is 0. The van der Waals surface area contributed by atoms with Crippen molar-refractivity contribution in [3.8, 4) is 0 Å². The van der Waals surface area contributed by atoms with E-state index in [1.54, 1.807) is 6.08 Å². The summed E-state index contributed by atoms with van der Waals surface area (Å²) in [5.74, 6) is 0. The van der Waals surface area contributed by atoms with Crippen molar-refractivity contribution >= 4 is 7.85 Å². The van der Waals surface area contributed by atoms with Crippen molar-refractivity contribution in [2.24, 2.45) is 0 Å². The zero-order chi connectivity index (χ0) is 3.41. The predicted octanol–water partition coefficient (Wildman–Crippen LogP) is 0.921.